The van der Waals surface area contributed by atoms with Gasteiger partial charge in [0.15, 0.2) is 0 Å². The van der Waals surface area contributed by atoms with Gasteiger partial charge in [-0.1, -0.05) is 6.92 Å². The molecule has 2 fully saturated rings. The second-order valence-corrected chi connectivity index (χ2v) is 6.00. The van der Waals surface area contributed by atoms with Crippen molar-refractivity contribution in [2.75, 3.05) is 19.6 Å². The predicted molar refractivity (Wildman–Crippen MR) is 78.1 cm³/mol. The summed E-state index contributed by atoms with van der Waals surface area (Å²) in [4.78, 5) is 14.2. The molecule has 2 bridgehead atoms. The number of carbonyl (C=O) groups is 1. The highest BCUT2D eigenvalue weighted by atomic mass is 16.1. The molecule has 2 aliphatic rings. The molecule has 0 spiro atoms. The molecule has 19 heavy (non-hydrogen) atoms. The molecule has 0 aromatic rings. The number of hydrogen-bond acceptors (Lipinski definition) is 3. The van der Waals surface area contributed by atoms with Crippen LogP contribution in [0.25, 0.3) is 0 Å². The summed E-state index contributed by atoms with van der Waals surface area (Å²) in [6, 6.07) is 2.15. The third-order valence-corrected chi connectivity index (χ3v) is 4.48. The number of amides is 1. The zero-order chi connectivity index (χ0) is 13.7. The van der Waals surface area contributed by atoms with Crippen molar-refractivity contribution in [1.82, 2.24) is 15.5 Å². The van der Waals surface area contributed by atoms with E-state index in [9.17, 15) is 4.79 Å². The van der Waals surface area contributed by atoms with E-state index in [1.165, 1.54) is 32.1 Å². The van der Waals surface area contributed by atoms with Gasteiger partial charge >= 0.3 is 0 Å². The van der Waals surface area contributed by atoms with Crippen molar-refractivity contribution in [1.29, 1.82) is 0 Å². The number of fused-ring (bicyclic) bond motifs is 2. The lowest BCUT2D eigenvalue weighted by Gasteiger charge is -2.37. The number of nitrogens with zero attached hydrogens (tertiary/aromatic N) is 1. The number of rotatable bonds is 7. The molecule has 2 N–H and O–H groups in total. The van der Waals surface area contributed by atoms with Gasteiger partial charge < -0.3 is 10.6 Å². The van der Waals surface area contributed by atoms with Crippen LogP contribution >= 0.6 is 0 Å². The van der Waals surface area contributed by atoms with E-state index in [2.05, 4.69) is 22.5 Å². The third-order valence-electron chi connectivity index (χ3n) is 4.48. The molecule has 0 aromatic carbocycles. The molecular weight excluding hydrogens is 238 g/mol. The highest BCUT2D eigenvalue weighted by Crippen LogP contribution is 2.29. The van der Waals surface area contributed by atoms with Crippen molar-refractivity contribution in [3.05, 3.63) is 0 Å². The maximum atomic E-state index is 11.6. The first-order valence-corrected chi connectivity index (χ1v) is 7.99. The van der Waals surface area contributed by atoms with Crippen molar-refractivity contribution in [2.24, 2.45) is 0 Å². The Hall–Kier alpha value is -0.610. The van der Waals surface area contributed by atoms with E-state index in [1.54, 1.807) is 0 Å². The van der Waals surface area contributed by atoms with Gasteiger partial charge in [0.2, 0.25) is 5.91 Å². The van der Waals surface area contributed by atoms with Gasteiger partial charge in [0.05, 0.1) is 0 Å². The van der Waals surface area contributed by atoms with Crippen LogP contribution in [-0.2, 0) is 4.79 Å². The lowest BCUT2D eigenvalue weighted by Crippen LogP contribution is -2.49. The van der Waals surface area contributed by atoms with Crippen molar-refractivity contribution >= 4 is 5.91 Å². The van der Waals surface area contributed by atoms with Gasteiger partial charge in [-0.2, -0.15) is 0 Å². The quantitative estimate of drug-likeness (QED) is 0.735. The van der Waals surface area contributed by atoms with Gasteiger partial charge in [0.1, 0.15) is 0 Å². The summed E-state index contributed by atoms with van der Waals surface area (Å²) in [5.41, 5.74) is 0. The van der Waals surface area contributed by atoms with Gasteiger partial charge in [-0.05, 0) is 45.6 Å². The van der Waals surface area contributed by atoms with E-state index >= 15 is 0 Å². The maximum absolute atomic E-state index is 11.6. The zero-order valence-electron chi connectivity index (χ0n) is 12.5. The van der Waals surface area contributed by atoms with Crippen LogP contribution in [0.1, 0.15) is 52.4 Å². The van der Waals surface area contributed by atoms with Gasteiger partial charge in [0.25, 0.3) is 0 Å². The van der Waals surface area contributed by atoms with E-state index in [1.807, 2.05) is 6.92 Å². The third kappa shape index (κ3) is 4.18. The molecule has 2 saturated heterocycles. The first-order chi connectivity index (χ1) is 9.22. The molecule has 0 radical (unpaired) electrons. The number of piperidine rings is 1. The van der Waals surface area contributed by atoms with Crippen LogP contribution in [0, 0.1) is 0 Å². The maximum Gasteiger partial charge on any atom is 0.221 e. The lowest BCUT2D eigenvalue weighted by atomic mass is 9.97. The minimum absolute atomic E-state index is 0.195. The van der Waals surface area contributed by atoms with E-state index < -0.39 is 0 Å². The highest BCUT2D eigenvalue weighted by molar-refractivity contribution is 5.75. The first kappa shape index (κ1) is 14.8. The molecule has 2 unspecified atom stereocenters. The molecule has 4 nitrogen and oxygen atoms in total. The minimum atomic E-state index is 0.195. The van der Waals surface area contributed by atoms with Crippen LogP contribution in [-0.4, -0.2) is 48.6 Å². The Bertz CT molecular complexity index is 283. The summed E-state index contributed by atoms with van der Waals surface area (Å²) in [5, 5.41) is 6.59. The van der Waals surface area contributed by atoms with Crippen LogP contribution in [0.2, 0.25) is 0 Å². The van der Waals surface area contributed by atoms with E-state index in [0.717, 1.165) is 31.7 Å². The summed E-state index contributed by atoms with van der Waals surface area (Å²) >= 11 is 0. The van der Waals surface area contributed by atoms with E-state index in [-0.39, 0.29) is 5.91 Å². The molecule has 1 amide bonds. The smallest absolute Gasteiger partial charge is 0.221 e. The molecule has 2 rings (SSSR count). The van der Waals surface area contributed by atoms with Crippen LogP contribution in [0.3, 0.4) is 0 Å². The Morgan fingerprint density at radius 3 is 2.47 bits per heavy atom. The second-order valence-electron chi connectivity index (χ2n) is 6.00. The van der Waals surface area contributed by atoms with Gasteiger partial charge in [-0.15, -0.1) is 0 Å². The molecule has 0 saturated carbocycles. The average molecular weight is 267 g/mol. The fraction of sp³-hybridized carbons (Fsp3) is 0.933. The number of hydrogen-bond donors (Lipinski definition) is 2. The Balaban J connectivity index is 1.83. The van der Waals surface area contributed by atoms with Crippen molar-refractivity contribution in [3.63, 3.8) is 0 Å². The molecule has 2 atom stereocenters. The van der Waals surface area contributed by atoms with Crippen molar-refractivity contribution in [2.45, 2.75) is 70.5 Å². The Morgan fingerprint density at radius 2 is 1.89 bits per heavy atom. The standard InChI is InChI=1S/C15H29N3O/c1-3-8-18(9-7-15(19)16-4-2)14-10-12-5-6-13(11-14)17-12/h12-14,17H,3-11H2,1-2H3,(H,16,19). The van der Waals surface area contributed by atoms with Crippen LogP contribution in [0.4, 0.5) is 0 Å². The van der Waals surface area contributed by atoms with E-state index in [0.29, 0.717) is 12.5 Å². The molecule has 0 aromatic heterocycles. The summed E-state index contributed by atoms with van der Waals surface area (Å²) in [5.74, 6) is 0.195. The summed E-state index contributed by atoms with van der Waals surface area (Å²) in [6.45, 7) is 7.00. The molecule has 110 valence electrons. The molecule has 0 aliphatic carbocycles. The monoisotopic (exact) mass is 267 g/mol. The number of nitrogens with one attached hydrogen (secondary N) is 2. The van der Waals surface area contributed by atoms with Crippen LogP contribution in [0.5, 0.6) is 0 Å². The van der Waals surface area contributed by atoms with E-state index in [4.69, 9.17) is 0 Å². The molecular formula is C15H29N3O. The van der Waals surface area contributed by atoms with Crippen LogP contribution < -0.4 is 10.6 Å². The first-order valence-electron chi connectivity index (χ1n) is 7.99. The fourth-order valence-corrected chi connectivity index (χ4v) is 3.62. The summed E-state index contributed by atoms with van der Waals surface area (Å²) < 4.78 is 0. The SMILES string of the molecule is CCCN(CCC(=O)NCC)C1CC2CCC(C1)N2. The lowest BCUT2D eigenvalue weighted by molar-refractivity contribution is -0.121. The summed E-state index contributed by atoms with van der Waals surface area (Å²) in [7, 11) is 0. The summed E-state index contributed by atoms with van der Waals surface area (Å²) in [6.07, 6.45) is 7.05. The second kappa shape index (κ2) is 7.25. The Kier molecular flexibility index (Phi) is 5.64. The zero-order valence-corrected chi connectivity index (χ0v) is 12.5. The van der Waals surface area contributed by atoms with Gasteiger partial charge in [0, 0.05) is 37.6 Å². The largest absolute Gasteiger partial charge is 0.356 e. The molecule has 4 heteroatoms. The number of carbonyl (C=O) groups excluding carboxylic acids is 1. The van der Waals surface area contributed by atoms with Gasteiger partial charge in [-0.3, -0.25) is 9.69 Å². The normalized spacial score (nSPS) is 29.7. The Labute approximate surface area is 117 Å². The molecule has 2 heterocycles. The molecule has 2 aliphatic heterocycles. The Morgan fingerprint density at radius 1 is 1.21 bits per heavy atom. The van der Waals surface area contributed by atoms with Crippen molar-refractivity contribution < 1.29 is 4.79 Å². The van der Waals surface area contributed by atoms with Gasteiger partial charge in [-0.25, -0.2) is 0 Å². The van der Waals surface area contributed by atoms with Crippen molar-refractivity contribution in [3.8, 4) is 0 Å². The average Bonchev–Trinajstić information content (AvgIpc) is 2.73. The van der Waals surface area contributed by atoms with Crippen LogP contribution in [0.15, 0.2) is 0 Å². The fourth-order valence-electron chi connectivity index (χ4n) is 3.62. The topological polar surface area (TPSA) is 44.4 Å². The highest BCUT2D eigenvalue weighted by Gasteiger charge is 2.35. The minimum Gasteiger partial charge on any atom is -0.356 e. The predicted octanol–water partition coefficient (Wildman–Crippen LogP) is 1.51.